The molecule has 0 spiro atoms. The minimum atomic E-state index is -0.0137. The molecule has 0 radical (unpaired) electrons. The van der Waals surface area contributed by atoms with Gasteiger partial charge in [-0.3, -0.25) is 0 Å². The fraction of sp³-hybridized carbons (Fsp3) is 0.429. The van der Waals surface area contributed by atoms with Gasteiger partial charge in [0.2, 0.25) is 0 Å². The van der Waals surface area contributed by atoms with Gasteiger partial charge in [-0.2, -0.15) is 5.10 Å². The molecule has 1 aliphatic carbocycles. The highest BCUT2D eigenvalue weighted by molar-refractivity contribution is 9.09. The Morgan fingerprint density at radius 3 is 2.78 bits per heavy atom. The Kier molecular flexibility index (Phi) is 3.20. The second kappa shape index (κ2) is 4.84. The lowest BCUT2D eigenvalue weighted by Crippen LogP contribution is -2.34. The average Bonchev–Trinajstić information content (AvgIpc) is 2.94. The third kappa shape index (κ3) is 1.99. The number of hydrogen-bond acceptors (Lipinski definition) is 2. The fourth-order valence-electron chi connectivity index (χ4n) is 2.89. The van der Waals surface area contributed by atoms with Crippen LogP contribution in [-0.4, -0.2) is 14.8 Å². The van der Waals surface area contributed by atoms with Crippen molar-refractivity contribution in [1.29, 1.82) is 0 Å². The highest BCUT2D eigenvalue weighted by Gasteiger charge is 2.41. The van der Waals surface area contributed by atoms with E-state index in [0.29, 0.717) is 6.04 Å². The van der Waals surface area contributed by atoms with Crippen LogP contribution >= 0.6 is 15.9 Å². The molecule has 1 saturated carbocycles. The number of rotatable bonds is 2. The average molecular weight is 306 g/mol. The lowest BCUT2D eigenvalue weighted by Gasteiger charge is -2.40. The number of benzene rings is 1. The Labute approximate surface area is 115 Å². The quantitative estimate of drug-likeness (QED) is 0.792. The summed E-state index contributed by atoms with van der Waals surface area (Å²) in [6, 6.07) is 11.0. The van der Waals surface area contributed by atoms with Crippen LogP contribution in [0.25, 0.3) is 0 Å². The van der Waals surface area contributed by atoms with Crippen LogP contribution in [-0.2, 0) is 4.32 Å². The summed E-state index contributed by atoms with van der Waals surface area (Å²) in [5, 5.41) is 4.34. The molecule has 3 nitrogen and oxygen atoms in total. The predicted molar refractivity (Wildman–Crippen MR) is 74.6 cm³/mol. The normalized spacial score (nSPS) is 28.2. The van der Waals surface area contributed by atoms with E-state index >= 15 is 0 Å². The van der Waals surface area contributed by atoms with Crippen LogP contribution in [0.1, 0.15) is 37.3 Å². The zero-order chi connectivity index (χ0) is 12.4. The highest BCUT2D eigenvalue weighted by Crippen LogP contribution is 2.50. The number of halogens is 1. The van der Waals surface area contributed by atoms with Gasteiger partial charge in [0.05, 0.1) is 10.4 Å². The summed E-state index contributed by atoms with van der Waals surface area (Å²) >= 11 is 4.00. The molecule has 1 fully saturated rings. The second-order valence-electron chi connectivity index (χ2n) is 4.87. The Bertz CT molecular complexity index is 497. The molecule has 0 saturated heterocycles. The maximum Gasteiger partial charge on any atom is 0.137 e. The standard InChI is InChI=1S/C14H16BrN3/c15-14(12-6-2-1-3-7-12)9-5-4-8-13(14)18-11-16-10-17-18/h1-3,6-7,10-11,13H,4-5,8-9H2. The summed E-state index contributed by atoms with van der Waals surface area (Å²) < 4.78 is 1.99. The van der Waals surface area contributed by atoms with E-state index in [1.54, 1.807) is 6.33 Å². The topological polar surface area (TPSA) is 30.7 Å². The third-order valence-corrected chi connectivity index (χ3v) is 5.19. The first-order valence-corrected chi connectivity index (χ1v) is 7.18. The van der Waals surface area contributed by atoms with Gasteiger partial charge in [0.25, 0.3) is 0 Å². The van der Waals surface area contributed by atoms with Crippen molar-refractivity contribution in [1.82, 2.24) is 14.8 Å². The van der Waals surface area contributed by atoms with Gasteiger partial charge >= 0.3 is 0 Å². The fourth-order valence-corrected chi connectivity index (χ4v) is 3.87. The lowest BCUT2D eigenvalue weighted by molar-refractivity contribution is 0.262. The molecule has 2 aromatic rings. The Morgan fingerprint density at radius 1 is 1.22 bits per heavy atom. The maximum atomic E-state index is 4.34. The molecule has 1 aromatic carbocycles. The Morgan fingerprint density at radius 2 is 2.06 bits per heavy atom. The van der Waals surface area contributed by atoms with Crippen LogP contribution in [0.5, 0.6) is 0 Å². The number of nitrogens with zero attached hydrogens (tertiary/aromatic N) is 3. The molecular formula is C14H16BrN3. The molecule has 18 heavy (non-hydrogen) atoms. The summed E-state index contributed by atoms with van der Waals surface area (Å²) in [5.41, 5.74) is 1.34. The first-order chi connectivity index (χ1) is 8.81. The van der Waals surface area contributed by atoms with Gasteiger partial charge in [-0.1, -0.05) is 59.1 Å². The van der Waals surface area contributed by atoms with E-state index in [1.165, 1.54) is 18.4 Å². The zero-order valence-electron chi connectivity index (χ0n) is 10.2. The second-order valence-corrected chi connectivity index (χ2v) is 6.28. The molecule has 0 aliphatic heterocycles. The monoisotopic (exact) mass is 305 g/mol. The molecule has 3 rings (SSSR count). The van der Waals surface area contributed by atoms with Crippen LogP contribution in [0, 0.1) is 0 Å². The largest absolute Gasteiger partial charge is 0.248 e. The summed E-state index contributed by atoms with van der Waals surface area (Å²) in [5.74, 6) is 0. The van der Waals surface area contributed by atoms with Crippen molar-refractivity contribution in [3.05, 3.63) is 48.5 Å². The van der Waals surface area contributed by atoms with Gasteiger partial charge in [-0.05, 0) is 18.4 Å². The van der Waals surface area contributed by atoms with Crippen molar-refractivity contribution >= 4 is 15.9 Å². The van der Waals surface area contributed by atoms with E-state index in [1.807, 2.05) is 11.0 Å². The van der Waals surface area contributed by atoms with Gasteiger partial charge in [-0.15, -0.1) is 0 Å². The summed E-state index contributed by atoms with van der Waals surface area (Å²) in [4.78, 5) is 4.09. The number of hydrogen-bond donors (Lipinski definition) is 0. The molecular weight excluding hydrogens is 290 g/mol. The molecule has 0 bridgehead atoms. The van der Waals surface area contributed by atoms with Crippen LogP contribution in [0.4, 0.5) is 0 Å². The van der Waals surface area contributed by atoms with E-state index in [0.717, 1.165) is 12.8 Å². The van der Waals surface area contributed by atoms with E-state index in [4.69, 9.17) is 0 Å². The number of aromatic nitrogens is 3. The van der Waals surface area contributed by atoms with Crippen molar-refractivity contribution in [3.8, 4) is 0 Å². The van der Waals surface area contributed by atoms with Crippen molar-refractivity contribution in [2.45, 2.75) is 36.0 Å². The first kappa shape index (κ1) is 11.9. The van der Waals surface area contributed by atoms with Crippen LogP contribution in [0.3, 0.4) is 0 Å². The predicted octanol–water partition coefficient (Wildman–Crippen LogP) is 3.68. The number of alkyl halides is 1. The zero-order valence-corrected chi connectivity index (χ0v) is 11.8. The molecule has 0 amide bonds. The lowest BCUT2D eigenvalue weighted by atomic mass is 9.80. The van der Waals surface area contributed by atoms with E-state index in [9.17, 15) is 0 Å². The molecule has 0 N–H and O–H groups in total. The van der Waals surface area contributed by atoms with Gasteiger partial charge in [0.15, 0.2) is 0 Å². The van der Waals surface area contributed by atoms with Crippen LogP contribution < -0.4 is 0 Å². The highest BCUT2D eigenvalue weighted by atomic mass is 79.9. The van der Waals surface area contributed by atoms with Gasteiger partial charge in [-0.25, -0.2) is 9.67 Å². The van der Waals surface area contributed by atoms with E-state index in [2.05, 4.69) is 56.3 Å². The Balaban J connectivity index is 2.01. The molecule has 94 valence electrons. The molecule has 1 aromatic heterocycles. The minimum Gasteiger partial charge on any atom is -0.248 e. The molecule has 2 atom stereocenters. The SMILES string of the molecule is BrC1(c2ccccc2)CCCCC1n1cncn1. The third-order valence-electron chi connectivity index (χ3n) is 3.81. The van der Waals surface area contributed by atoms with Crippen LogP contribution in [0.15, 0.2) is 43.0 Å². The summed E-state index contributed by atoms with van der Waals surface area (Å²) in [6.07, 6.45) is 8.24. The smallest absolute Gasteiger partial charge is 0.137 e. The van der Waals surface area contributed by atoms with Crippen LogP contribution in [0.2, 0.25) is 0 Å². The summed E-state index contributed by atoms with van der Waals surface area (Å²) in [6.45, 7) is 0. The molecule has 4 heteroatoms. The minimum absolute atomic E-state index is 0.0137. The maximum absolute atomic E-state index is 4.34. The van der Waals surface area contributed by atoms with Crippen molar-refractivity contribution < 1.29 is 0 Å². The summed E-state index contributed by atoms with van der Waals surface area (Å²) in [7, 11) is 0. The molecule has 2 unspecified atom stereocenters. The van der Waals surface area contributed by atoms with Crippen molar-refractivity contribution in [2.75, 3.05) is 0 Å². The van der Waals surface area contributed by atoms with Crippen molar-refractivity contribution in [3.63, 3.8) is 0 Å². The van der Waals surface area contributed by atoms with Gasteiger partial charge < -0.3 is 0 Å². The van der Waals surface area contributed by atoms with Gasteiger partial charge in [0.1, 0.15) is 12.7 Å². The first-order valence-electron chi connectivity index (χ1n) is 6.39. The molecule has 1 heterocycles. The molecule has 1 aliphatic rings. The van der Waals surface area contributed by atoms with E-state index in [-0.39, 0.29) is 4.32 Å². The van der Waals surface area contributed by atoms with E-state index < -0.39 is 0 Å². The van der Waals surface area contributed by atoms with Gasteiger partial charge in [0, 0.05) is 0 Å². The van der Waals surface area contributed by atoms with Crippen molar-refractivity contribution in [2.24, 2.45) is 0 Å². The Hall–Kier alpha value is -1.16.